The van der Waals surface area contributed by atoms with Crippen molar-refractivity contribution in [2.45, 2.75) is 26.8 Å². The van der Waals surface area contributed by atoms with Gasteiger partial charge >= 0.3 is 0 Å². The van der Waals surface area contributed by atoms with E-state index in [1.54, 1.807) is 0 Å². The zero-order valence-electron chi connectivity index (χ0n) is 16.0. The van der Waals surface area contributed by atoms with Crippen molar-refractivity contribution in [3.63, 3.8) is 0 Å². The number of hydrogen-bond acceptors (Lipinski definition) is 3. The molecule has 1 aromatic carbocycles. The predicted octanol–water partition coefficient (Wildman–Crippen LogP) is 2.38. The van der Waals surface area contributed by atoms with Gasteiger partial charge in [0.05, 0.1) is 6.54 Å². The Bertz CT molecular complexity index is 833. The van der Waals surface area contributed by atoms with Crippen molar-refractivity contribution in [3.8, 4) is 0 Å². The molecule has 0 unspecified atom stereocenters. The molecule has 2 aromatic rings. The van der Waals surface area contributed by atoms with Crippen LogP contribution in [0.4, 0.5) is 0 Å². The topological polar surface area (TPSA) is 57.6 Å². The van der Waals surface area contributed by atoms with Crippen LogP contribution in [0, 0.1) is 6.92 Å². The lowest BCUT2D eigenvalue weighted by atomic mass is 10.2. The van der Waals surface area contributed by atoms with E-state index in [1.807, 2.05) is 30.9 Å². The lowest BCUT2D eigenvalue weighted by Crippen LogP contribution is -2.40. The summed E-state index contributed by atoms with van der Waals surface area (Å²) in [5.41, 5.74) is 2.14. The third-order valence-electron chi connectivity index (χ3n) is 5.13. The lowest BCUT2D eigenvalue weighted by molar-refractivity contribution is -0.131. The monoisotopic (exact) mass is 434 g/mol. The number of carbonyl (C=O) groups is 2. The summed E-state index contributed by atoms with van der Waals surface area (Å²) < 4.78 is 3.13. The third-order valence-corrected chi connectivity index (χ3v) is 6.13. The molecule has 1 aliphatic rings. The average Bonchev–Trinajstić information content (AvgIpc) is 2.82. The van der Waals surface area contributed by atoms with Crippen molar-refractivity contribution in [1.82, 2.24) is 19.7 Å². The van der Waals surface area contributed by atoms with E-state index in [9.17, 15) is 9.59 Å². The zero-order chi connectivity index (χ0) is 19.4. The molecule has 1 fully saturated rings. The van der Waals surface area contributed by atoms with Crippen LogP contribution >= 0.6 is 15.9 Å². The van der Waals surface area contributed by atoms with Crippen LogP contribution in [0.15, 0.2) is 28.7 Å². The summed E-state index contributed by atoms with van der Waals surface area (Å²) >= 11 is 3.65. The van der Waals surface area contributed by atoms with Gasteiger partial charge in [0.2, 0.25) is 11.8 Å². The van der Waals surface area contributed by atoms with Crippen LogP contribution in [0.2, 0.25) is 0 Å². The van der Waals surface area contributed by atoms with Crippen molar-refractivity contribution >= 4 is 38.6 Å². The van der Waals surface area contributed by atoms with E-state index in [1.165, 1.54) is 0 Å². The highest BCUT2D eigenvalue weighted by Crippen LogP contribution is 2.30. The first-order valence-electron chi connectivity index (χ1n) is 9.51. The van der Waals surface area contributed by atoms with E-state index in [0.29, 0.717) is 26.2 Å². The van der Waals surface area contributed by atoms with Gasteiger partial charge in [-0.25, -0.2) is 0 Å². The molecular weight excluding hydrogens is 408 g/mol. The van der Waals surface area contributed by atoms with E-state index in [4.69, 9.17) is 0 Å². The molecule has 2 heterocycles. The molecule has 1 saturated heterocycles. The number of amides is 2. The molecule has 1 aliphatic heterocycles. The zero-order valence-corrected chi connectivity index (χ0v) is 17.6. The minimum absolute atomic E-state index is 0.0524. The number of halogens is 1. The summed E-state index contributed by atoms with van der Waals surface area (Å²) in [5, 5.41) is 3.97. The minimum atomic E-state index is 0.0524. The van der Waals surface area contributed by atoms with E-state index in [0.717, 1.165) is 47.1 Å². The second-order valence-electron chi connectivity index (χ2n) is 6.97. The number of fused-ring (bicyclic) bond motifs is 1. The van der Waals surface area contributed by atoms with E-state index >= 15 is 0 Å². The van der Waals surface area contributed by atoms with E-state index in [2.05, 4.69) is 42.8 Å². The molecule has 0 saturated carbocycles. The molecule has 0 aliphatic carbocycles. The summed E-state index contributed by atoms with van der Waals surface area (Å²) in [6.07, 6.45) is 0.889. The third kappa shape index (κ3) is 4.52. The summed E-state index contributed by atoms with van der Waals surface area (Å²) in [4.78, 5) is 28.8. The van der Waals surface area contributed by atoms with Gasteiger partial charge in [0.25, 0.3) is 0 Å². The van der Waals surface area contributed by atoms with Crippen LogP contribution < -0.4 is 5.32 Å². The first kappa shape index (κ1) is 19.9. The number of hydrogen-bond donors (Lipinski definition) is 1. The van der Waals surface area contributed by atoms with Crippen molar-refractivity contribution in [2.75, 3.05) is 39.3 Å². The molecule has 0 radical (unpaired) electrons. The first-order valence-corrected chi connectivity index (χ1v) is 10.3. The van der Waals surface area contributed by atoms with Gasteiger partial charge in [-0.1, -0.05) is 18.2 Å². The largest absolute Gasteiger partial charge is 0.355 e. The normalized spacial score (nSPS) is 15.7. The predicted molar refractivity (Wildman–Crippen MR) is 111 cm³/mol. The molecule has 2 amide bonds. The maximum absolute atomic E-state index is 12.9. The fourth-order valence-electron chi connectivity index (χ4n) is 3.66. The molecule has 0 spiro atoms. The SMILES string of the molecule is CCNC(=O)CN1CCCN(C(=O)Cn2c(C)c(Br)c3ccccc32)CC1. The lowest BCUT2D eigenvalue weighted by Gasteiger charge is -2.22. The molecule has 1 N–H and O–H groups in total. The second-order valence-corrected chi connectivity index (χ2v) is 7.76. The van der Waals surface area contributed by atoms with Crippen LogP contribution in [0.5, 0.6) is 0 Å². The Morgan fingerprint density at radius 2 is 1.89 bits per heavy atom. The number of para-hydroxylation sites is 1. The molecule has 146 valence electrons. The first-order chi connectivity index (χ1) is 13.0. The molecular formula is C20H27BrN4O2. The van der Waals surface area contributed by atoms with Crippen LogP contribution in [0.1, 0.15) is 19.0 Å². The number of rotatable bonds is 5. The number of aromatic nitrogens is 1. The van der Waals surface area contributed by atoms with Gasteiger partial charge in [-0.3, -0.25) is 14.5 Å². The highest BCUT2D eigenvalue weighted by atomic mass is 79.9. The van der Waals surface area contributed by atoms with Crippen LogP contribution in [0.3, 0.4) is 0 Å². The van der Waals surface area contributed by atoms with Gasteiger partial charge in [-0.05, 0) is 42.3 Å². The van der Waals surface area contributed by atoms with Crippen LogP contribution in [-0.2, 0) is 16.1 Å². The molecule has 1 aromatic heterocycles. The number of carbonyl (C=O) groups excluding carboxylic acids is 2. The summed E-state index contributed by atoms with van der Waals surface area (Å²) in [6.45, 7) is 8.34. The average molecular weight is 435 g/mol. The highest BCUT2D eigenvalue weighted by Gasteiger charge is 2.22. The van der Waals surface area contributed by atoms with Gasteiger partial charge in [-0.15, -0.1) is 0 Å². The van der Waals surface area contributed by atoms with E-state index < -0.39 is 0 Å². The highest BCUT2D eigenvalue weighted by molar-refractivity contribution is 9.10. The second kappa shape index (κ2) is 8.89. The van der Waals surface area contributed by atoms with Gasteiger partial charge in [-0.2, -0.15) is 0 Å². The summed E-state index contributed by atoms with van der Waals surface area (Å²) in [7, 11) is 0. The smallest absolute Gasteiger partial charge is 0.242 e. The fraction of sp³-hybridized carbons (Fsp3) is 0.500. The van der Waals surface area contributed by atoms with Gasteiger partial charge in [0, 0.05) is 53.8 Å². The van der Waals surface area contributed by atoms with Crippen LogP contribution in [-0.4, -0.2) is 65.4 Å². The minimum Gasteiger partial charge on any atom is -0.355 e. The Morgan fingerprint density at radius 1 is 1.11 bits per heavy atom. The van der Waals surface area contributed by atoms with Gasteiger partial charge in [0.1, 0.15) is 6.54 Å². The van der Waals surface area contributed by atoms with Crippen molar-refractivity contribution < 1.29 is 9.59 Å². The molecule has 0 bridgehead atoms. The standard InChI is InChI=1S/C20H27BrN4O2/c1-3-22-18(26)13-23-9-6-10-24(12-11-23)19(27)14-25-15(2)20(21)16-7-4-5-8-17(16)25/h4-5,7-8H,3,6,9-14H2,1-2H3,(H,22,26). The number of likely N-dealkylation sites (N-methyl/N-ethyl adjacent to an activating group) is 1. The van der Waals surface area contributed by atoms with E-state index in [-0.39, 0.29) is 11.8 Å². The fourth-order valence-corrected chi connectivity index (χ4v) is 4.21. The maximum Gasteiger partial charge on any atom is 0.242 e. The Labute approximate surface area is 168 Å². The maximum atomic E-state index is 12.9. The molecule has 7 heteroatoms. The molecule has 0 atom stereocenters. The van der Waals surface area contributed by atoms with Gasteiger partial charge in [0.15, 0.2) is 0 Å². The number of benzene rings is 1. The quantitative estimate of drug-likeness (QED) is 0.785. The molecule has 3 rings (SSSR count). The number of nitrogens with one attached hydrogen (secondary N) is 1. The molecule has 6 nitrogen and oxygen atoms in total. The summed E-state index contributed by atoms with van der Waals surface area (Å²) in [5.74, 6) is 0.183. The van der Waals surface area contributed by atoms with Crippen molar-refractivity contribution in [2.24, 2.45) is 0 Å². The Hall–Kier alpha value is -1.86. The molecule has 27 heavy (non-hydrogen) atoms. The Morgan fingerprint density at radius 3 is 2.67 bits per heavy atom. The van der Waals surface area contributed by atoms with Crippen molar-refractivity contribution in [3.05, 3.63) is 34.4 Å². The summed E-state index contributed by atoms with van der Waals surface area (Å²) in [6, 6.07) is 8.13. The number of nitrogens with zero attached hydrogens (tertiary/aromatic N) is 3. The van der Waals surface area contributed by atoms with Crippen molar-refractivity contribution in [1.29, 1.82) is 0 Å². The van der Waals surface area contributed by atoms with Crippen LogP contribution in [0.25, 0.3) is 10.9 Å². The Balaban J connectivity index is 1.65. The van der Waals surface area contributed by atoms with Gasteiger partial charge < -0.3 is 14.8 Å². The Kier molecular flexibility index (Phi) is 6.55.